The summed E-state index contributed by atoms with van der Waals surface area (Å²) >= 11 is 0. The average molecular weight is 336 g/mol. The Kier molecular flexibility index (Phi) is 3.94. The lowest BCUT2D eigenvalue weighted by atomic mass is 9.78. The van der Waals surface area contributed by atoms with Gasteiger partial charge in [-0.05, 0) is 43.0 Å². The van der Waals surface area contributed by atoms with E-state index < -0.39 is 0 Å². The van der Waals surface area contributed by atoms with Crippen molar-refractivity contribution >= 4 is 11.7 Å². The number of aromatic nitrogens is 2. The number of amides is 1. The van der Waals surface area contributed by atoms with E-state index in [0.717, 1.165) is 43.1 Å². The minimum absolute atomic E-state index is 0.270. The third kappa shape index (κ3) is 2.77. The normalized spacial score (nSPS) is 26.0. The van der Waals surface area contributed by atoms with E-state index in [4.69, 9.17) is 0 Å². The Hall–Kier alpha value is -2.43. The van der Waals surface area contributed by atoms with E-state index in [9.17, 15) is 4.79 Å². The fourth-order valence-electron chi connectivity index (χ4n) is 4.27. The summed E-state index contributed by atoms with van der Waals surface area (Å²) in [5.74, 6) is 1.61. The van der Waals surface area contributed by atoms with Crippen molar-refractivity contribution in [3.63, 3.8) is 0 Å². The Balaban J connectivity index is 1.53. The molecule has 1 amide bonds. The van der Waals surface area contributed by atoms with Gasteiger partial charge in [-0.15, -0.1) is 0 Å². The van der Waals surface area contributed by atoms with Crippen LogP contribution in [0.4, 0.5) is 5.82 Å². The van der Waals surface area contributed by atoms with Crippen molar-refractivity contribution in [1.29, 1.82) is 0 Å². The Morgan fingerprint density at radius 1 is 1.28 bits per heavy atom. The predicted octanol–water partition coefficient (Wildman–Crippen LogP) is 2.66. The van der Waals surface area contributed by atoms with Crippen LogP contribution in [0.25, 0.3) is 0 Å². The molecule has 2 aliphatic heterocycles. The molecule has 0 bridgehead atoms. The lowest BCUT2D eigenvalue weighted by Crippen LogP contribution is -2.39. The quantitative estimate of drug-likeness (QED) is 0.865. The number of carbonyl (C=O) groups excluding carboxylic acids is 1. The number of aryl methyl sites for hydroxylation is 1. The molecule has 5 nitrogen and oxygen atoms in total. The molecule has 5 heteroatoms. The highest BCUT2D eigenvalue weighted by Crippen LogP contribution is 2.45. The van der Waals surface area contributed by atoms with Crippen molar-refractivity contribution in [2.75, 3.05) is 24.5 Å². The second-order valence-corrected chi connectivity index (χ2v) is 7.41. The molecule has 4 heterocycles. The van der Waals surface area contributed by atoms with Crippen molar-refractivity contribution in [2.45, 2.75) is 26.8 Å². The molecule has 0 radical (unpaired) electrons. The first-order chi connectivity index (χ1) is 12.1. The fraction of sp³-hybridized carbons (Fsp3) is 0.450. The van der Waals surface area contributed by atoms with Crippen molar-refractivity contribution in [2.24, 2.45) is 11.3 Å². The third-order valence-electron chi connectivity index (χ3n) is 5.75. The summed E-state index contributed by atoms with van der Waals surface area (Å²) in [4.78, 5) is 26.3. The minimum atomic E-state index is -0.270. The number of hydrogen-bond donors (Lipinski definition) is 0. The van der Waals surface area contributed by atoms with Crippen molar-refractivity contribution in [1.82, 2.24) is 14.9 Å². The molecule has 0 aromatic carbocycles. The number of nitrogens with zero attached hydrogens (tertiary/aromatic N) is 4. The largest absolute Gasteiger partial charge is 0.355 e. The lowest BCUT2D eigenvalue weighted by molar-refractivity contribution is -0.137. The van der Waals surface area contributed by atoms with Gasteiger partial charge in [-0.1, -0.05) is 19.1 Å². The van der Waals surface area contributed by atoms with E-state index in [-0.39, 0.29) is 5.41 Å². The van der Waals surface area contributed by atoms with Gasteiger partial charge in [-0.2, -0.15) is 0 Å². The molecule has 4 rings (SSSR count). The Morgan fingerprint density at radius 3 is 2.92 bits per heavy atom. The molecule has 0 unspecified atom stereocenters. The first-order valence-corrected chi connectivity index (χ1v) is 8.95. The number of pyridine rings is 2. The van der Waals surface area contributed by atoms with Crippen LogP contribution in [-0.4, -0.2) is 40.4 Å². The second-order valence-electron chi connectivity index (χ2n) is 7.41. The lowest BCUT2D eigenvalue weighted by Gasteiger charge is -2.26. The monoisotopic (exact) mass is 336 g/mol. The van der Waals surface area contributed by atoms with Gasteiger partial charge >= 0.3 is 0 Å². The SMILES string of the molecule is Cc1cccc(N2C[C@@H](C)[C@@]3(CCN(Cc4cccnc4)C3=O)C2)n1. The number of carbonyl (C=O) groups is 1. The first kappa shape index (κ1) is 16.1. The molecule has 130 valence electrons. The van der Waals surface area contributed by atoms with Crippen LogP contribution in [0.2, 0.25) is 0 Å². The molecule has 2 saturated heterocycles. The van der Waals surface area contributed by atoms with Gasteiger partial charge in [0.05, 0.1) is 5.41 Å². The third-order valence-corrected chi connectivity index (χ3v) is 5.75. The Bertz CT molecular complexity index is 778. The van der Waals surface area contributed by atoms with Gasteiger partial charge in [0.15, 0.2) is 0 Å². The van der Waals surface area contributed by atoms with Crippen molar-refractivity contribution in [3.05, 3.63) is 54.0 Å². The van der Waals surface area contributed by atoms with Crippen LogP contribution in [-0.2, 0) is 11.3 Å². The van der Waals surface area contributed by atoms with Gasteiger partial charge < -0.3 is 9.80 Å². The van der Waals surface area contributed by atoms with E-state index >= 15 is 0 Å². The fourth-order valence-corrected chi connectivity index (χ4v) is 4.27. The van der Waals surface area contributed by atoms with E-state index in [1.165, 1.54) is 0 Å². The molecule has 0 aliphatic carbocycles. The van der Waals surface area contributed by atoms with Crippen LogP contribution in [0, 0.1) is 18.3 Å². The van der Waals surface area contributed by atoms with E-state index in [1.807, 2.05) is 48.4 Å². The zero-order valence-electron chi connectivity index (χ0n) is 14.9. The highest BCUT2D eigenvalue weighted by Gasteiger charge is 2.55. The van der Waals surface area contributed by atoms with Crippen LogP contribution < -0.4 is 4.90 Å². The van der Waals surface area contributed by atoms with Crippen LogP contribution in [0.3, 0.4) is 0 Å². The Morgan fingerprint density at radius 2 is 2.16 bits per heavy atom. The number of hydrogen-bond acceptors (Lipinski definition) is 4. The molecule has 2 aromatic rings. The molecular weight excluding hydrogens is 312 g/mol. The summed E-state index contributed by atoms with van der Waals surface area (Å²) in [5.41, 5.74) is 1.84. The predicted molar refractivity (Wildman–Crippen MR) is 97.1 cm³/mol. The van der Waals surface area contributed by atoms with Gasteiger partial charge in [0.1, 0.15) is 5.82 Å². The maximum absolute atomic E-state index is 13.2. The molecule has 2 fully saturated rings. The topological polar surface area (TPSA) is 49.3 Å². The van der Waals surface area contributed by atoms with E-state index in [2.05, 4.69) is 21.8 Å². The summed E-state index contributed by atoms with van der Waals surface area (Å²) in [6, 6.07) is 10.1. The maximum atomic E-state index is 13.2. The minimum Gasteiger partial charge on any atom is -0.355 e. The average Bonchev–Trinajstić information content (AvgIpc) is 3.11. The summed E-state index contributed by atoms with van der Waals surface area (Å²) in [7, 11) is 0. The number of anilines is 1. The number of rotatable bonds is 3. The van der Waals surface area contributed by atoms with E-state index in [1.54, 1.807) is 6.20 Å². The van der Waals surface area contributed by atoms with Crippen LogP contribution >= 0.6 is 0 Å². The molecule has 2 aliphatic rings. The van der Waals surface area contributed by atoms with Gasteiger partial charge in [-0.3, -0.25) is 9.78 Å². The van der Waals surface area contributed by atoms with Crippen LogP contribution in [0.5, 0.6) is 0 Å². The summed E-state index contributed by atoms with van der Waals surface area (Å²) in [6.45, 7) is 7.36. The highest BCUT2D eigenvalue weighted by atomic mass is 16.2. The van der Waals surface area contributed by atoms with E-state index in [0.29, 0.717) is 18.4 Å². The first-order valence-electron chi connectivity index (χ1n) is 8.95. The smallest absolute Gasteiger partial charge is 0.231 e. The van der Waals surface area contributed by atoms with Gasteiger partial charge in [-0.25, -0.2) is 4.98 Å². The van der Waals surface area contributed by atoms with Crippen LogP contribution in [0.1, 0.15) is 24.6 Å². The molecule has 25 heavy (non-hydrogen) atoms. The summed E-state index contributed by atoms with van der Waals surface area (Å²) < 4.78 is 0. The highest BCUT2D eigenvalue weighted by molar-refractivity contribution is 5.86. The Labute approximate surface area is 148 Å². The van der Waals surface area contributed by atoms with Gasteiger partial charge in [0.2, 0.25) is 5.91 Å². The molecular formula is C20H24N4O. The summed E-state index contributed by atoms with van der Waals surface area (Å²) in [6.07, 6.45) is 4.54. The number of likely N-dealkylation sites (tertiary alicyclic amines) is 1. The van der Waals surface area contributed by atoms with Gasteiger partial charge in [0, 0.05) is 44.3 Å². The van der Waals surface area contributed by atoms with Crippen molar-refractivity contribution in [3.8, 4) is 0 Å². The zero-order chi connectivity index (χ0) is 17.4. The zero-order valence-corrected chi connectivity index (χ0v) is 14.9. The van der Waals surface area contributed by atoms with Crippen molar-refractivity contribution < 1.29 is 4.79 Å². The summed E-state index contributed by atoms with van der Waals surface area (Å²) in [5, 5.41) is 0. The second kappa shape index (κ2) is 6.14. The van der Waals surface area contributed by atoms with Gasteiger partial charge in [0.25, 0.3) is 0 Å². The standard InChI is InChI=1S/C20H24N4O/c1-15-12-24(18-7-3-5-16(2)22-18)14-20(15)8-10-23(19(20)25)13-17-6-4-9-21-11-17/h3-7,9,11,15H,8,10,12-14H2,1-2H3/t15-,20-/m1/s1. The molecule has 2 aromatic heterocycles. The molecule has 1 spiro atoms. The maximum Gasteiger partial charge on any atom is 0.231 e. The molecule has 0 saturated carbocycles. The molecule has 0 N–H and O–H groups in total. The van der Waals surface area contributed by atoms with Crippen LogP contribution in [0.15, 0.2) is 42.7 Å². The molecule has 2 atom stereocenters.